The molecule has 2 N–H and O–H groups in total. The predicted octanol–water partition coefficient (Wildman–Crippen LogP) is 2.54. The van der Waals surface area contributed by atoms with Crippen molar-refractivity contribution < 1.29 is 17.9 Å². The van der Waals surface area contributed by atoms with Crippen molar-refractivity contribution in [2.45, 2.75) is 24.5 Å². The van der Waals surface area contributed by atoms with Crippen LogP contribution in [0.25, 0.3) is 0 Å². The fourth-order valence-electron chi connectivity index (χ4n) is 2.04. The van der Waals surface area contributed by atoms with Crippen LogP contribution in [0.2, 0.25) is 0 Å². The second-order valence-electron chi connectivity index (χ2n) is 5.15. The Morgan fingerprint density at radius 2 is 2.00 bits per heavy atom. The molecular weight excluding hydrogens is 348 g/mol. The molecule has 1 heterocycles. The number of hydrogen-bond acceptors (Lipinski definition) is 5. The Morgan fingerprint density at radius 3 is 2.62 bits per heavy atom. The normalized spacial score (nSPS) is 11.3. The summed E-state index contributed by atoms with van der Waals surface area (Å²) in [6.45, 7) is 3.50. The molecule has 24 heavy (non-hydrogen) atoms. The Bertz CT molecular complexity index is 828. The fraction of sp³-hybridized carbons (Fsp3) is 0.312. The van der Waals surface area contributed by atoms with Gasteiger partial charge in [-0.05, 0) is 43.2 Å². The zero-order chi connectivity index (χ0) is 17.7. The molecule has 0 aliphatic rings. The Hall–Kier alpha value is -1.90. The number of carbonyl (C=O) groups excluding carboxylic acids is 1. The number of carbonyl (C=O) groups is 1. The van der Waals surface area contributed by atoms with E-state index < -0.39 is 15.9 Å². The highest BCUT2D eigenvalue weighted by molar-refractivity contribution is 7.91. The molecule has 0 aliphatic carbocycles. The van der Waals surface area contributed by atoms with E-state index in [9.17, 15) is 13.2 Å². The molecule has 1 aromatic carbocycles. The average Bonchev–Trinajstić information content (AvgIpc) is 3.03. The second-order valence-corrected chi connectivity index (χ2v) is 8.31. The highest BCUT2D eigenvalue weighted by Gasteiger charge is 2.18. The summed E-state index contributed by atoms with van der Waals surface area (Å²) in [5.41, 5.74) is 1.46. The molecule has 1 aromatic heterocycles. The van der Waals surface area contributed by atoms with Gasteiger partial charge in [-0.25, -0.2) is 13.1 Å². The summed E-state index contributed by atoms with van der Waals surface area (Å²) >= 11 is 1.20. The highest BCUT2D eigenvalue weighted by Crippen LogP contribution is 2.25. The van der Waals surface area contributed by atoms with Crippen molar-refractivity contribution in [3.05, 3.63) is 40.8 Å². The molecule has 1 amide bonds. The molecule has 0 bridgehead atoms. The van der Waals surface area contributed by atoms with Gasteiger partial charge in [0, 0.05) is 4.88 Å². The van der Waals surface area contributed by atoms with Crippen LogP contribution in [0.15, 0.2) is 34.5 Å². The summed E-state index contributed by atoms with van der Waals surface area (Å²) in [6.07, 6.45) is 0.772. The number of anilines is 1. The maximum atomic E-state index is 12.2. The van der Waals surface area contributed by atoms with Gasteiger partial charge in [-0.2, -0.15) is 0 Å². The number of ether oxygens (including phenoxy) is 1. The first-order valence-electron chi connectivity index (χ1n) is 7.38. The fourth-order valence-corrected chi connectivity index (χ4v) is 4.36. The van der Waals surface area contributed by atoms with Gasteiger partial charge in [0.2, 0.25) is 5.91 Å². The van der Waals surface area contributed by atoms with Gasteiger partial charge in [0.15, 0.2) is 0 Å². The van der Waals surface area contributed by atoms with Crippen molar-refractivity contribution in [2.75, 3.05) is 19.0 Å². The molecule has 8 heteroatoms. The first kappa shape index (κ1) is 18.4. The summed E-state index contributed by atoms with van der Waals surface area (Å²) in [5, 5.41) is 2.66. The van der Waals surface area contributed by atoms with Crippen LogP contribution in [0, 0.1) is 6.92 Å². The molecule has 0 unspecified atom stereocenters. The van der Waals surface area contributed by atoms with Crippen molar-refractivity contribution in [3.8, 4) is 5.75 Å². The average molecular weight is 368 g/mol. The number of rotatable bonds is 7. The van der Waals surface area contributed by atoms with Crippen molar-refractivity contribution in [2.24, 2.45) is 0 Å². The van der Waals surface area contributed by atoms with E-state index in [1.807, 2.05) is 19.9 Å². The Kier molecular flexibility index (Phi) is 5.98. The van der Waals surface area contributed by atoms with Crippen LogP contribution in [-0.2, 0) is 21.2 Å². The van der Waals surface area contributed by atoms with E-state index in [1.165, 1.54) is 18.4 Å². The van der Waals surface area contributed by atoms with Crippen LogP contribution in [0.1, 0.15) is 17.4 Å². The number of hydrogen-bond donors (Lipinski definition) is 2. The number of thiophene rings is 1. The minimum atomic E-state index is -3.68. The molecule has 130 valence electrons. The molecule has 2 aromatic rings. The summed E-state index contributed by atoms with van der Waals surface area (Å²) in [5.74, 6) is 0.0531. The molecule has 2 rings (SSSR count). The van der Waals surface area contributed by atoms with Crippen molar-refractivity contribution in [1.82, 2.24) is 4.72 Å². The topological polar surface area (TPSA) is 84.5 Å². The Morgan fingerprint density at radius 1 is 1.25 bits per heavy atom. The van der Waals surface area contributed by atoms with Crippen LogP contribution >= 0.6 is 11.3 Å². The minimum absolute atomic E-state index is 0.209. The zero-order valence-electron chi connectivity index (χ0n) is 13.8. The van der Waals surface area contributed by atoms with Gasteiger partial charge in [0.25, 0.3) is 10.0 Å². The second kappa shape index (κ2) is 7.78. The van der Waals surface area contributed by atoms with Crippen molar-refractivity contribution in [3.63, 3.8) is 0 Å². The van der Waals surface area contributed by atoms with Crippen LogP contribution in [0.3, 0.4) is 0 Å². The monoisotopic (exact) mass is 368 g/mol. The highest BCUT2D eigenvalue weighted by atomic mass is 32.2. The molecule has 0 aliphatic heterocycles. The van der Waals surface area contributed by atoms with Gasteiger partial charge < -0.3 is 10.1 Å². The summed E-state index contributed by atoms with van der Waals surface area (Å²) < 4.78 is 32.1. The van der Waals surface area contributed by atoms with Crippen LogP contribution in [0.4, 0.5) is 5.69 Å². The third-order valence-corrected chi connectivity index (χ3v) is 6.42. The third kappa shape index (κ3) is 4.56. The van der Waals surface area contributed by atoms with E-state index in [-0.39, 0.29) is 10.8 Å². The van der Waals surface area contributed by atoms with Gasteiger partial charge in [-0.3, -0.25) is 4.79 Å². The number of benzene rings is 1. The molecule has 6 nitrogen and oxygen atoms in total. The number of aryl methyl sites for hydroxylation is 2. The van der Waals surface area contributed by atoms with E-state index in [0.717, 1.165) is 16.9 Å². The summed E-state index contributed by atoms with van der Waals surface area (Å²) in [7, 11) is -2.18. The zero-order valence-corrected chi connectivity index (χ0v) is 15.4. The van der Waals surface area contributed by atoms with E-state index in [0.29, 0.717) is 11.4 Å². The van der Waals surface area contributed by atoms with E-state index >= 15 is 0 Å². The Balaban J connectivity index is 2.01. The SMILES string of the molecule is CCc1ccc(S(=O)(=O)NCC(=O)Nc2cc(C)ccc2OC)s1. The molecule has 0 fully saturated rings. The van der Waals surface area contributed by atoms with E-state index in [4.69, 9.17) is 4.74 Å². The first-order chi connectivity index (χ1) is 11.4. The quantitative estimate of drug-likeness (QED) is 0.787. The third-order valence-electron chi connectivity index (χ3n) is 3.30. The minimum Gasteiger partial charge on any atom is -0.495 e. The summed E-state index contributed by atoms with van der Waals surface area (Å²) in [6, 6.07) is 8.69. The Labute approximate surface area is 145 Å². The molecule has 0 saturated heterocycles. The predicted molar refractivity (Wildman–Crippen MR) is 95.2 cm³/mol. The smallest absolute Gasteiger partial charge is 0.250 e. The van der Waals surface area contributed by atoms with Crippen LogP contribution < -0.4 is 14.8 Å². The number of sulfonamides is 1. The van der Waals surface area contributed by atoms with Gasteiger partial charge in [-0.1, -0.05) is 13.0 Å². The van der Waals surface area contributed by atoms with E-state index in [2.05, 4.69) is 10.0 Å². The maximum absolute atomic E-state index is 12.2. The van der Waals surface area contributed by atoms with Crippen molar-refractivity contribution >= 4 is 33.0 Å². The van der Waals surface area contributed by atoms with Crippen molar-refractivity contribution in [1.29, 1.82) is 0 Å². The van der Waals surface area contributed by atoms with Gasteiger partial charge in [0.1, 0.15) is 9.96 Å². The largest absolute Gasteiger partial charge is 0.495 e. The molecular formula is C16H20N2O4S2. The lowest BCUT2D eigenvalue weighted by Crippen LogP contribution is -2.32. The van der Waals surface area contributed by atoms with Gasteiger partial charge in [0.05, 0.1) is 19.3 Å². The lowest BCUT2D eigenvalue weighted by Gasteiger charge is -2.11. The van der Waals surface area contributed by atoms with Gasteiger partial charge >= 0.3 is 0 Å². The lowest BCUT2D eigenvalue weighted by molar-refractivity contribution is -0.115. The van der Waals surface area contributed by atoms with Crippen LogP contribution in [-0.4, -0.2) is 28.0 Å². The molecule has 0 saturated carbocycles. The number of methoxy groups -OCH3 is 1. The first-order valence-corrected chi connectivity index (χ1v) is 9.68. The number of nitrogens with one attached hydrogen (secondary N) is 2. The van der Waals surface area contributed by atoms with Gasteiger partial charge in [-0.15, -0.1) is 11.3 Å². The standard InChI is InChI=1S/C16H20N2O4S2/c1-4-12-6-8-16(23-12)24(20,21)17-10-15(19)18-13-9-11(2)5-7-14(13)22-3/h5-9,17H,4,10H2,1-3H3,(H,18,19). The molecule has 0 radical (unpaired) electrons. The number of amides is 1. The molecule has 0 spiro atoms. The van der Waals surface area contributed by atoms with Crippen LogP contribution in [0.5, 0.6) is 5.75 Å². The maximum Gasteiger partial charge on any atom is 0.250 e. The lowest BCUT2D eigenvalue weighted by atomic mass is 10.2. The summed E-state index contributed by atoms with van der Waals surface area (Å²) in [4.78, 5) is 13.0. The van der Waals surface area contributed by atoms with E-state index in [1.54, 1.807) is 24.3 Å². The molecule has 0 atom stereocenters.